The van der Waals surface area contributed by atoms with Gasteiger partial charge < -0.3 is 20.0 Å². The van der Waals surface area contributed by atoms with Gasteiger partial charge >= 0.3 is 6.09 Å². The van der Waals surface area contributed by atoms with Gasteiger partial charge in [-0.05, 0) is 23.6 Å². The summed E-state index contributed by atoms with van der Waals surface area (Å²) in [6, 6.07) is 6.46. The number of carboxylic acid groups (broad SMARTS) is 1. The van der Waals surface area contributed by atoms with Crippen LogP contribution in [0.3, 0.4) is 0 Å². The van der Waals surface area contributed by atoms with Gasteiger partial charge in [0.1, 0.15) is 12.0 Å². The second-order valence-corrected chi connectivity index (χ2v) is 4.66. The van der Waals surface area contributed by atoms with E-state index in [2.05, 4.69) is 5.32 Å². The average molecular weight is 265 g/mol. The van der Waals surface area contributed by atoms with Crippen molar-refractivity contribution in [3.8, 4) is 5.75 Å². The van der Waals surface area contributed by atoms with Crippen molar-refractivity contribution in [1.29, 1.82) is 0 Å². The van der Waals surface area contributed by atoms with E-state index in [0.29, 0.717) is 5.75 Å². The minimum atomic E-state index is -1.15. The van der Waals surface area contributed by atoms with Gasteiger partial charge in [-0.15, -0.1) is 0 Å². The van der Waals surface area contributed by atoms with Crippen LogP contribution in [0.4, 0.5) is 4.79 Å². The molecule has 0 saturated carbocycles. The summed E-state index contributed by atoms with van der Waals surface area (Å²) in [5.74, 6) is 0.311. The summed E-state index contributed by atoms with van der Waals surface area (Å²) in [6.07, 6.45) is -0.344. The second kappa shape index (κ2) is 6.78. The van der Waals surface area contributed by atoms with Crippen LogP contribution in [0.25, 0.3) is 0 Å². The molecule has 0 radical (unpaired) electrons. The normalized spacial score (nSPS) is 13.7. The largest absolute Gasteiger partial charge is 0.497 e. The molecule has 2 N–H and O–H groups in total. The lowest BCUT2D eigenvalue weighted by Crippen LogP contribution is -2.35. The number of carbonyl (C=O) groups is 2. The molecule has 1 rings (SSSR count). The first kappa shape index (κ1) is 15.0. The van der Waals surface area contributed by atoms with E-state index in [-0.39, 0.29) is 5.92 Å². The van der Waals surface area contributed by atoms with Gasteiger partial charge in [-0.3, -0.25) is 0 Å². The fourth-order valence-electron chi connectivity index (χ4n) is 1.97. The van der Waals surface area contributed by atoms with Crippen molar-refractivity contribution in [3.63, 3.8) is 0 Å². The van der Waals surface area contributed by atoms with Crippen LogP contribution in [0.15, 0.2) is 24.3 Å². The molecule has 0 aliphatic carbocycles. The zero-order chi connectivity index (χ0) is 14.4. The van der Waals surface area contributed by atoms with Crippen molar-refractivity contribution >= 4 is 12.4 Å². The lowest BCUT2D eigenvalue weighted by Gasteiger charge is -2.26. The molecule has 2 atom stereocenters. The molecule has 0 bridgehead atoms. The van der Waals surface area contributed by atoms with E-state index in [1.807, 2.05) is 13.8 Å². The Bertz CT molecular complexity index is 428. The topological polar surface area (TPSA) is 75.6 Å². The summed E-state index contributed by atoms with van der Waals surface area (Å²) in [4.78, 5) is 22.1. The fraction of sp³-hybridized carbons (Fsp3) is 0.429. The van der Waals surface area contributed by atoms with Crippen LogP contribution in [0, 0.1) is 11.8 Å². The van der Waals surface area contributed by atoms with Crippen molar-refractivity contribution in [2.75, 3.05) is 7.11 Å². The van der Waals surface area contributed by atoms with Gasteiger partial charge in [0.15, 0.2) is 0 Å². The van der Waals surface area contributed by atoms with E-state index in [1.54, 1.807) is 31.4 Å². The predicted molar refractivity (Wildman–Crippen MR) is 71.3 cm³/mol. The van der Waals surface area contributed by atoms with Crippen molar-refractivity contribution < 1.29 is 19.4 Å². The zero-order valence-electron chi connectivity index (χ0n) is 11.3. The van der Waals surface area contributed by atoms with Gasteiger partial charge in [0.2, 0.25) is 0 Å². The third-order valence-electron chi connectivity index (χ3n) is 3.07. The van der Waals surface area contributed by atoms with Crippen molar-refractivity contribution in [1.82, 2.24) is 5.32 Å². The average Bonchev–Trinajstić information content (AvgIpc) is 2.37. The minimum absolute atomic E-state index is 0.0384. The summed E-state index contributed by atoms with van der Waals surface area (Å²) in [6.45, 7) is 3.78. The van der Waals surface area contributed by atoms with E-state index in [9.17, 15) is 9.59 Å². The highest BCUT2D eigenvalue weighted by atomic mass is 16.5. The molecular weight excluding hydrogens is 246 g/mol. The maximum atomic E-state index is 11.2. The number of amides is 1. The summed E-state index contributed by atoms with van der Waals surface area (Å²) in [5.41, 5.74) is 0.744. The number of nitrogens with one attached hydrogen (secondary N) is 1. The van der Waals surface area contributed by atoms with E-state index < -0.39 is 18.1 Å². The molecule has 5 nitrogen and oxygen atoms in total. The molecular formula is C14H19NO4. The van der Waals surface area contributed by atoms with Crippen LogP contribution in [-0.2, 0) is 4.79 Å². The highest BCUT2D eigenvalue weighted by molar-refractivity contribution is 5.67. The number of benzene rings is 1. The predicted octanol–water partition coefficient (Wildman–Crippen LogP) is 2.48. The third-order valence-corrected chi connectivity index (χ3v) is 3.07. The molecule has 0 aliphatic heterocycles. The molecule has 0 fully saturated rings. The van der Waals surface area contributed by atoms with Crippen molar-refractivity contribution in [2.45, 2.75) is 19.9 Å². The minimum Gasteiger partial charge on any atom is -0.497 e. The van der Waals surface area contributed by atoms with Gasteiger partial charge in [-0.25, -0.2) is 4.79 Å². The van der Waals surface area contributed by atoms with Gasteiger partial charge in [-0.1, -0.05) is 26.0 Å². The standard InChI is InChI=1S/C14H19NO4/c1-9(2)12(8-16)13(15-14(17)18)10-4-6-11(19-3)7-5-10/h4-9,12-13,15H,1-3H3,(H,17,18)/t12-,13-/m1/s1. The first-order valence-corrected chi connectivity index (χ1v) is 6.08. The van der Waals surface area contributed by atoms with Gasteiger partial charge in [-0.2, -0.15) is 0 Å². The van der Waals surface area contributed by atoms with Crippen molar-refractivity contribution in [3.05, 3.63) is 29.8 Å². The van der Waals surface area contributed by atoms with Gasteiger partial charge in [0.25, 0.3) is 0 Å². The second-order valence-electron chi connectivity index (χ2n) is 4.66. The molecule has 0 spiro atoms. The number of carbonyl (C=O) groups excluding carboxylic acids is 1. The lowest BCUT2D eigenvalue weighted by atomic mass is 9.85. The summed E-state index contributed by atoms with van der Waals surface area (Å²) < 4.78 is 5.06. The fourth-order valence-corrected chi connectivity index (χ4v) is 1.97. The maximum absolute atomic E-state index is 11.2. The van der Waals surface area contributed by atoms with Crippen LogP contribution >= 0.6 is 0 Å². The van der Waals surface area contributed by atoms with E-state index in [4.69, 9.17) is 9.84 Å². The van der Waals surface area contributed by atoms with Crippen LogP contribution in [-0.4, -0.2) is 24.6 Å². The van der Waals surface area contributed by atoms with Crippen LogP contribution in [0.1, 0.15) is 25.5 Å². The Balaban J connectivity index is 3.06. The highest BCUT2D eigenvalue weighted by Gasteiger charge is 2.27. The number of rotatable bonds is 6. The third kappa shape index (κ3) is 3.98. The molecule has 0 heterocycles. The Labute approximate surface area is 112 Å². The molecule has 1 aromatic rings. The summed E-state index contributed by atoms with van der Waals surface area (Å²) in [7, 11) is 1.56. The molecule has 1 amide bonds. The monoisotopic (exact) mass is 265 g/mol. The van der Waals surface area contributed by atoms with Crippen LogP contribution in [0.2, 0.25) is 0 Å². The first-order valence-electron chi connectivity index (χ1n) is 6.08. The summed E-state index contributed by atoms with van der Waals surface area (Å²) >= 11 is 0. The number of hydrogen-bond donors (Lipinski definition) is 2. The Kier molecular flexibility index (Phi) is 5.36. The zero-order valence-corrected chi connectivity index (χ0v) is 11.3. The van der Waals surface area contributed by atoms with Crippen molar-refractivity contribution in [2.24, 2.45) is 11.8 Å². The molecule has 19 heavy (non-hydrogen) atoms. The number of aldehydes is 1. The van der Waals surface area contributed by atoms with Gasteiger partial charge in [0.05, 0.1) is 13.2 Å². The van der Waals surface area contributed by atoms with Gasteiger partial charge in [0, 0.05) is 5.92 Å². The molecule has 0 saturated heterocycles. The SMILES string of the molecule is COc1ccc([C@@H](NC(=O)O)[C@H](C=O)C(C)C)cc1. The van der Waals surface area contributed by atoms with Crippen LogP contribution < -0.4 is 10.1 Å². The molecule has 104 valence electrons. The Morgan fingerprint density at radius 3 is 2.26 bits per heavy atom. The molecule has 0 unspecified atom stereocenters. The number of hydrogen-bond acceptors (Lipinski definition) is 3. The van der Waals surface area contributed by atoms with E-state index in [0.717, 1.165) is 11.8 Å². The lowest BCUT2D eigenvalue weighted by molar-refractivity contribution is -0.113. The Morgan fingerprint density at radius 2 is 1.89 bits per heavy atom. The van der Waals surface area contributed by atoms with Crippen LogP contribution in [0.5, 0.6) is 5.75 Å². The maximum Gasteiger partial charge on any atom is 0.405 e. The quantitative estimate of drug-likeness (QED) is 0.775. The van der Waals surface area contributed by atoms with E-state index in [1.165, 1.54) is 0 Å². The smallest absolute Gasteiger partial charge is 0.405 e. The Hall–Kier alpha value is -2.04. The molecule has 5 heteroatoms. The number of ether oxygens (including phenoxy) is 1. The van der Waals surface area contributed by atoms with E-state index >= 15 is 0 Å². The molecule has 0 aromatic heterocycles. The first-order chi connectivity index (χ1) is 8.99. The molecule has 1 aromatic carbocycles. The molecule has 0 aliphatic rings. The number of methoxy groups -OCH3 is 1. The Morgan fingerprint density at radius 1 is 1.32 bits per heavy atom. The highest BCUT2D eigenvalue weighted by Crippen LogP contribution is 2.28. The summed E-state index contributed by atoms with van der Waals surface area (Å²) in [5, 5.41) is 11.3.